The van der Waals surface area contributed by atoms with E-state index >= 15 is 0 Å². The topological polar surface area (TPSA) is 9.23 Å². The molecule has 1 unspecified atom stereocenters. The van der Waals surface area contributed by atoms with Gasteiger partial charge in [0.05, 0.1) is 12.7 Å². The average molecular weight is 258 g/mol. The van der Waals surface area contributed by atoms with Gasteiger partial charge in [-0.15, -0.1) is 0 Å². The lowest BCUT2D eigenvalue weighted by molar-refractivity contribution is 0.0840. The number of hydrogen-bond donors (Lipinski definition) is 0. The molecule has 0 heterocycles. The number of benzene rings is 1. The molecular formula is C18H26O. The Labute approximate surface area is 118 Å². The summed E-state index contributed by atoms with van der Waals surface area (Å²) in [5.74, 6) is 0.584. The molecule has 0 radical (unpaired) electrons. The van der Waals surface area contributed by atoms with Crippen molar-refractivity contribution in [1.29, 1.82) is 0 Å². The molecule has 0 saturated carbocycles. The standard InChI is InChI=1S/C18H26O/c1-14(2)7-6-8-16(5)19-13-17-9-11-18(12-10-17)15(3)4/h6-12,15-16H,13H2,1-5H3/b8-6-. The molecule has 0 N–H and O–H groups in total. The maximum Gasteiger partial charge on any atom is 0.0735 e. The Morgan fingerprint density at radius 1 is 1.11 bits per heavy atom. The van der Waals surface area contributed by atoms with E-state index in [1.807, 2.05) is 0 Å². The molecule has 1 atom stereocenters. The van der Waals surface area contributed by atoms with Crippen LogP contribution in [0.4, 0.5) is 0 Å². The fraction of sp³-hybridized carbons (Fsp3) is 0.444. The number of allylic oxidation sites excluding steroid dienone is 3. The quantitative estimate of drug-likeness (QED) is 0.634. The largest absolute Gasteiger partial charge is 0.370 e. The van der Waals surface area contributed by atoms with Crippen LogP contribution in [0.1, 0.15) is 51.7 Å². The van der Waals surface area contributed by atoms with Crippen molar-refractivity contribution in [2.75, 3.05) is 0 Å². The van der Waals surface area contributed by atoms with Gasteiger partial charge in [-0.25, -0.2) is 0 Å². The molecule has 1 rings (SSSR count). The van der Waals surface area contributed by atoms with E-state index in [0.717, 1.165) is 0 Å². The summed E-state index contributed by atoms with van der Waals surface area (Å²) in [5.41, 5.74) is 3.90. The zero-order chi connectivity index (χ0) is 14.3. The van der Waals surface area contributed by atoms with Gasteiger partial charge in [-0.05, 0) is 37.8 Å². The highest BCUT2D eigenvalue weighted by atomic mass is 16.5. The second-order valence-corrected chi connectivity index (χ2v) is 5.54. The van der Waals surface area contributed by atoms with Crippen LogP contribution in [0.2, 0.25) is 0 Å². The third-order valence-electron chi connectivity index (χ3n) is 2.97. The van der Waals surface area contributed by atoms with Gasteiger partial charge in [0.2, 0.25) is 0 Å². The fourth-order valence-corrected chi connectivity index (χ4v) is 1.69. The van der Waals surface area contributed by atoms with Crippen LogP contribution in [-0.2, 0) is 11.3 Å². The van der Waals surface area contributed by atoms with Gasteiger partial charge in [0.1, 0.15) is 0 Å². The highest BCUT2D eigenvalue weighted by Crippen LogP contribution is 2.15. The molecule has 19 heavy (non-hydrogen) atoms. The lowest BCUT2D eigenvalue weighted by Crippen LogP contribution is -2.04. The van der Waals surface area contributed by atoms with Gasteiger partial charge in [-0.1, -0.05) is 61.9 Å². The number of hydrogen-bond acceptors (Lipinski definition) is 1. The smallest absolute Gasteiger partial charge is 0.0735 e. The van der Waals surface area contributed by atoms with Crippen molar-refractivity contribution in [3.63, 3.8) is 0 Å². The van der Waals surface area contributed by atoms with Crippen LogP contribution >= 0.6 is 0 Å². The Morgan fingerprint density at radius 3 is 2.26 bits per heavy atom. The first-order chi connectivity index (χ1) is 8.99. The maximum atomic E-state index is 5.79. The SMILES string of the molecule is CC(C)=C/C=C\C(C)OCc1ccc(C(C)C)cc1. The van der Waals surface area contributed by atoms with Crippen LogP contribution in [-0.4, -0.2) is 6.10 Å². The first-order valence-electron chi connectivity index (χ1n) is 7.01. The maximum absolute atomic E-state index is 5.79. The van der Waals surface area contributed by atoms with Crippen molar-refractivity contribution in [2.24, 2.45) is 0 Å². The van der Waals surface area contributed by atoms with Gasteiger partial charge in [-0.3, -0.25) is 0 Å². The molecule has 0 aliphatic heterocycles. The van der Waals surface area contributed by atoms with Crippen LogP contribution < -0.4 is 0 Å². The molecule has 0 aromatic heterocycles. The van der Waals surface area contributed by atoms with Crippen LogP contribution in [0.25, 0.3) is 0 Å². The lowest BCUT2D eigenvalue weighted by Gasteiger charge is -2.10. The zero-order valence-corrected chi connectivity index (χ0v) is 12.8. The number of ether oxygens (including phenoxy) is 1. The molecule has 0 aliphatic carbocycles. The fourth-order valence-electron chi connectivity index (χ4n) is 1.69. The predicted molar refractivity (Wildman–Crippen MR) is 83.4 cm³/mol. The summed E-state index contributed by atoms with van der Waals surface area (Å²) in [6, 6.07) is 8.68. The minimum absolute atomic E-state index is 0.139. The zero-order valence-electron chi connectivity index (χ0n) is 12.8. The molecule has 0 saturated heterocycles. The minimum Gasteiger partial charge on any atom is -0.370 e. The summed E-state index contributed by atoms with van der Waals surface area (Å²) in [4.78, 5) is 0. The van der Waals surface area contributed by atoms with Gasteiger partial charge in [0, 0.05) is 0 Å². The minimum atomic E-state index is 0.139. The van der Waals surface area contributed by atoms with Crippen LogP contribution in [0.15, 0.2) is 48.1 Å². The molecule has 1 heteroatoms. The van der Waals surface area contributed by atoms with Crippen LogP contribution in [0.5, 0.6) is 0 Å². The normalized spacial score (nSPS) is 12.9. The first-order valence-corrected chi connectivity index (χ1v) is 7.01. The van der Waals surface area contributed by atoms with E-state index in [0.29, 0.717) is 12.5 Å². The average Bonchev–Trinajstić information content (AvgIpc) is 2.36. The van der Waals surface area contributed by atoms with Gasteiger partial charge in [0.15, 0.2) is 0 Å². The lowest BCUT2D eigenvalue weighted by atomic mass is 10.0. The molecule has 1 aromatic carbocycles. The van der Waals surface area contributed by atoms with Gasteiger partial charge >= 0.3 is 0 Å². The molecule has 1 aromatic rings. The second-order valence-electron chi connectivity index (χ2n) is 5.54. The second kappa shape index (κ2) is 7.96. The third kappa shape index (κ3) is 6.40. The van der Waals surface area contributed by atoms with E-state index in [2.05, 4.69) is 77.1 Å². The third-order valence-corrected chi connectivity index (χ3v) is 2.97. The first kappa shape index (κ1) is 15.7. The summed E-state index contributed by atoms with van der Waals surface area (Å²) in [6.45, 7) is 11.3. The van der Waals surface area contributed by atoms with E-state index in [1.165, 1.54) is 16.7 Å². The van der Waals surface area contributed by atoms with Gasteiger partial charge in [-0.2, -0.15) is 0 Å². The van der Waals surface area contributed by atoms with E-state index in [4.69, 9.17) is 4.74 Å². The summed E-state index contributed by atoms with van der Waals surface area (Å²) in [6.07, 6.45) is 6.37. The van der Waals surface area contributed by atoms with Crippen molar-refractivity contribution in [3.8, 4) is 0 Å². The predicted octanol–water partition coefficient (Wildman–Crippen LogP) is 5.24. The van der Waals surface area contributed by atoms with Crippen molar-refractivity contribution < 1.29 is 4.74 Å². The Kier molecular flexibility index (Phi) is 6.58. The molecule has 0 aliphatic rings. The molecule has 0 spiro atoms. The van der Waals surface area contributed by atoms with Gasteiger partial charge < -0.3 is 4.74 Å². The summed E-state index contributed by atoms with van der Waals surface area (Å²) >= 11 is 0. The molecule has 104 valence electrons. The van der Waals surface area contributed by atoms with Crippen molar-refractivity contribution in [1.82, 2.24) is 0 Å². The Balaban J connectivity index is 2.44. The molecular weight excluding hydrogens is 232 g/mol. The molecule has 1 nitrogen and oxygen atoms in total. The summed E-state index contributed by atoms with van der Waals surface area (Å²) in [5, 5.41) is 0. The Hall–Kier alpha value is -1.34. The van der Waals surface area contributed by atoms with E-state index in [1.54, 1.807) is 0 Å². The van der Waals surface area contributed by atoms with Crippen molar-refractivity contribution >= 4 is 0 Å². The van der Waals surface area contributed by atoms with Crippen LogP contribution in [0.3, 0.4) is 0 Å². The van der Waals surface area contributed by atoms with E-state index in [9.17, 15) is 0 Å². The molecule has 0 fully saturated rings. The van der Waals surface area contributed by atoms with E-state index < -0.39 is 0 Å². The van der Waals surface area contributed by atoms with E-state index in [-0.39, 0.29) is 6.10 Å². The Morgan fingerprint density at radius 2 is 1.74 bits per heavy atom. The molecule has 0 bridgehead atoms. The number of rotatable bonds is 6. The highest BCUT2D eigenvalue weighted by Gasteiger charge is 2.01. The van der Waals surface area contributed by atoms with Crippen LogP contribution in [0, 0.1) is 0 Å². The van der Waals surface area contributed by atoms with Gasteiger partial charge in [0.25, 0.3) is 0 Å². The molecule has 0 amide bonds. The highest BCUT2D eigenvalue weighted by molar-refractivity contribution is 5.24. The summed E-state index contributed by atoms with van der Waals surface area (Å²) < 4.78 is 5.79. The van der Waals surface area contributed by atoms with Crippen molar-refractivity contribution in [3.05, 3.63) is 59.2 Å². The summed E-state index contributed by atoms with van der Waals surface area (Å²) in [7, 11) is 0. The Bertz CT molecular complexity index is 420. The monoisotopic (exact) mass is 258 g/mol. The van der Waals surface area contributed by atoms with Crippen molar-refractivity contribution in [2.45, 2.75) is 53.2 Å².